The number of aromatic nitrogens is 2. The molecule has 0 aliphatic heterocycles. The van der Waals surface area contributed by atoms with Gasteiger partial charge in [0.15, 0.2) is 0 Å². The molecule has 0 aliphatic rings. The van der Waals surface area contributed by atoms with Crippen LogP contribution in [-0.2, 0) is 20.1 Å². The number of fused-ring (bicyclic) bond motifs is 3. The van der Waals surface area contributed by atoms with Gasteiger partial charge < -0.3 is 13.6 Å². The molecule has 0 N–H and O–H groups in total. The summed E-state index contributed by atoms with van der Waals surface area (Å²) in [6.07, 6.45) is 4.30. The normalized spacial score (nSPS) is 12.0. The molecule has 0 saturated heterocycles. The van der Waals surface area contributed by atoms with Crippen LogP contribution in [0, 0.1) is 40.8 Å². The Morgan fingerprint density at radius 1 is 0.590 bits per heavy atom. The Bertz CT molecular complexity index is 2790. The molecule has 3 heterocycles. The van der Waals surface area contributed by atoms with Gasteiger partial charge in [-0.2, -0.15) is 37.1 Å². The first-order valence-corrected chi connectivity index (χ1v) is 24.7. The van der Waals surface area contributed by atoms with Crippen LogP contribution in [0.25, 0.3) is 66.7 Å². The third-order valence-corrected chi connectivity index (χ3v) is 14.2. The Balaban J connectivity index is 0.000000218. The standard InChI is InChI=1S/C34H28NO.C22H32NSi.Ir/c1-22(2)27-19-20-35(4)31(21-27)32-23(3)13-18-30-29-12-8-11-28(33(29)36-34(30)32)26-16-14-25(15-17-26)24-9-6-5-7-10-24;1-15(2)18(5)19-13-20(22-16(3)11-10-12-17(22)4)23(6)14-21(19)24(7,8)9;/h5-22H,3-4H2,1-2H3;10-15,18H,3,6H2,1-2,4-5,7-9H3;/q2*-1;. The molecular formula is C56H60IrN2OSi-2. The van der Waals surface area contributed by atoms with Crippen molar-refractivity contribution in [1.29, 1.82) is 0 Å². The minimum Gasteiger partial charge on any atom is -0.469 e. The van der Waals surface area contributed by atoms with Gasteiger partial charge in [-0.3, -0.25) is 0 Å². The minimum atomic E-state index is -1.45. The van der Waals surface area contributed by atoms with Gasteiger partial charge in [0, 0.05) is 50.5 Å². The largest absolute Gasteiger partial charge is 0.469 e. The van der Waals surface area contributed by atoms with Crippen molar-refractivity contribution in [3.8, 4) is 44.8 Å². The molecule has 3 nitrogen and oxygen atoms in total. The maximum atomic E-state index is 6.69. The molecule has 8 aromatic rings. The Kier molecular flexibility index (Phi) is 13.5. The molecule has 1 radical (unpaired) electrons. The van der Waals surface area contributed by atoms with Gasteiger partial charge in [-0.05, 0) is 39.6 Å². The number of aryl methyl sites for hydroxylation is 1. The summed E-state index contributed by atoms with van der Waals surface area (Å²) in [6, 6.07) is 42.7. The molecule has 0 aliphatic carbocycles. The molecule has 0 fully saturated rings. The molecule has 0 saturated carbocycles. The maximum Gasteiger partial charge on any atom is 0.141 e. The number of para-hydroxylation sites is 1. The number of hydrogen-bond donors (Lipinski definition) is 0. The van der Waals surface area contributed by atoms with E-state index >= 15 is 0 Å². The summed E-state index contributed by atoms with van der Waals surface area (Å²) in [4.78, 5) is 0. The third kappa shape index (κ3) is 9.11. The summed E-state index contributed by atoms with van der Waals surface area (Å²) in [5, 5.41) is 3.71. The summed E-state index contributed by atoms with van der Waals surface area (Å²) in [5.41, 5.74) is 16.7. The van der Waals surface area contributed by atoms with E-state index in [4.69, 9.17) is 4.42 Å². The van der Waals surface area contributed by atoms with Crippen LogP contribution in [-0.4, -0.2) is 8.07 Å². The van der Waals surface area contributed by atoms with E-state index in [0.29, 0.717) is 17.8 Å². The molecule has 0 bridgehead atoms. The molecule has 1 atom stereocenters. The van der Waals surface area contributed by atoms with Gasteiger partial charge in [0.2, 0.25) is 0 Å². The summed E-state index contributed by atoms with van der Waals surface area (Å²) in [7, 11) is 7.11. The van der Waals surface area contributed by atoms with E-state index in [1.54, 1.807) is 0 Å². The van der Waals surface area contributed by atoms with E-state index in [9.17, 15) is 0 Å². The Hall–Kier alpha value is -5.45. The first-order valence-electron chi connectivity index (χ1n) is 21.2. The average Bonchev–Trinajstić information content (AvgIpc) is 3.60. The summed E-state index contributed by atoms with van der Waals surface area (Å²) in [6.45, 7) is 29.4. The first kappa shape index (κ1) is 45.1. The second-order valence-corrected chi connectivity index (χ2v) is 23.1. The topological polar surface area (TPSA) is 20.9 Å². The van der Waals surface area contributed by atoms with Crippen LogP contribution in [0.3, 0.4) is 0 Å². The first-order chi connectivity index (χ1) is 28.5. The second kappa shape index (κ2) is 18.3. The van der Waals surface area contributed by atoms with Crippen molar-refractivity contribution in [3.05, 3.63) is 189 Å². The van der Waals surface area contributed by atoms with Crippen LogP contribution < -0.4 is 14.3 Å². The second-order valence-electron chi connectivity index (χ2n) is 18.1. The van der Waals surface area contributed by atoms with Gasteiger partial charge in [0.25, 0.3) is 0 Å². The summed E-state index contributed by atoms with van der Waals surface area (Å²) < 4.78 is 10.7. The van der Waals surface area contributed by atoms with Crippen molar-refractivity contribution in [1.82, 2.24) is 0 Å². The van der Waals surface area contributed by atoms with E-state index < -0.39 is 8.07 Å². The zero-order valence-corrected chi connectivity index (χ0v) is 40.8. The fraction of sp³-hybridized carbons (Fsp3) is 0.214. The average molecular weight is 997 g/mol. The van der Waals surface area contributed by atoms with Crippen molar-refractivity contribution < 1.29 is 33.7 Å². The molecule has 1 unspecified atom stereocenters. The monoisotopic (exact) mass is 997 g/mol. The van der Waals surface area contributed by atoms with E-state index in [1.807, 2.05) is 16.8 Å². The van der Waals surface area contributed by atoms with E-state index in [-0.39, 0.29) is 20.1 Å². The Labute approximate surface area is 379 Å². The predicted octanol–water partition coefficient (Wildman–Crippen LogP) is 13.9. The molecular weight excluding hydrogens is 937 g/mol. The summed E-state index contributed by atoms with van der Waals surface area (Å²) in [5.74, 6) is 1.56. The molecule has 0 amide bonds. The van der Waals surface area contributed by atoms with Crippen molar-refractivity contribution in [2.45, 2.75) is 73.0 Å². The van der Waals surface area contributed by atoms with Crippen LogP contribution in [0.4, 0.5) is 0 Å². The van der Waals surface area contributed by atoms with Gasteiger partial charge in [0.1, 0.15) is 5.58 Å². The molecule has 5 heteroatoms. The fourth-order valence-corrected chi connectivity index (χ4v) is 9.99. The van der Waals surface area contributed by atoms with Crippen molar-refractivity contribution in [2.75, 3.05) is 0 Å². The molecule has 0 spiro atoms. The number of rotatable bonds is 8. The van der Waals surface area contributed by atoms with Gasteiger partial charge in [-0.15, -0.1) is 23.3 Å². The third-order valence-electron chi connectivity index (χ3n) is 12.2. The van der Waals surface area contributed by atoms with E-state index in [1.165, 1.54) is 44.3 Å². The van der Waals surface area contributed by atoms with Crippen LogP contribution >= 0.6 is 0 Å². The van der Waals surface area contributed by atoms with Crippen molar-refractivity contribution >= 4 is 35.2 Å². The molecule has 5 aromatic carbocycles. The number of hydrogen-bond acceptors (Lipinski definition) is 1. The van der Waals surface area contributed by atoms with Crippen molar-refractivity contribution in [3.63, 3.8) is 0 Å². The van der Waals surface area contributed by atoms with Crippen LogP contribution in [0.1, 0.15) is 74.3 Å². The Morgan fingerprint density at radius 2 is 1.20 bits per heavy atom. The number of benzene rings is 5. The van der Waals surface area contributed by atoms with Crippen LogP contribution in [0.2, 0.25) is 19.6 Å². The van der Waals surface area contributed by atoms with Gasteiger partial charge in [0.05, 0.1) is 37.4 Å². The maximum absolute atomic E-state index is 6.69. The molecule has 61 heavy (non-hydrogen) atoms. The van der Waals surface area contributed by atoms with Crippen molar-refractivity contribution in [2.24, 2.45) is 5.92 Å². The quantitative estimate of drug-likeness (QED) is 0.0844. The van der Waals surface area contributed by atoms with Gasteiger partial charge in [-0.1, -0.05) is 175 Å². The molecule has 3 aromatic heterocycles. The minimum absolute atomic E-state index is 0. The Morgan fingerprint density at radius 3 is 1.84 bits per heavy atom. The van der Waals surface area contributed by atoms with Gasteiger partial charge in [-0.25, -0.2) is 0 Å². The smallest absolute Gasteiger partial charge is 0.141 e. The zero-order valence-electron chi connectivity index (χ0n) is 37.4. The molecule has 8 rings (SSSR count). The van der Waals surface area contributed by atoms with E-state index in [2.05, 4.69) is 215 Å². The number of furan rings is 1. The number of pyridine rings is 2. The van der Waals surface area contributed by atoms with Gasteiger partial charge >= 0.3 is 0 Å². The number of nitrogens with zero attached hydrogens (tertiary/aromatic N) is 2. The SMILES string of the molecule is [CH2-]c1ccc2c(oc3c(-c4ccc(-c5ccccc5)cc4)cccc32)c1-c1cc(C(C)C)cc[n+]1[CH2-].[CH2-]c1cccc(C)c1-c1cc(C(C)C(C)C)c([Si](C)(C)C)c[n+]1[CH2-].[Ir]. The predicted molar refractivity (Wildman–Crippen MR) is 258 cm³/mol. The fourth-order valence-electron chi connectivity index (χ4n) is 8.28. The van der Waals surface area contributed by atoms with Crippen LogP contribution in [0.15, 0.2) is 138 Å². The van der Waals surface area contributed by atoms with E-state index in [0.717, 1.165) is 55.4 Å². The zero-order chi connectivity index (χ0) is 43.0. The molecule has 315 valence electrons. The van der Waals surface area contributed by atoms with Crippen LogP contribution in [0.5, 0.6) is 0 Å². The summed E-state index contributed by atoms with van der Waals surface area (Å²) >= 11 is 0.